The fourth-order valence-corrected chi connectivity index (χ4v) is 5.22. The van der Waals surface area contributed by atoms with E-state index in [4.69, 9.17) is 0 Å². The average molecular weight is 336 g/mol. The van der Waals surface area contributed by atoms with Crippen molar-refractivity contribution in [2.75, 3.05) is 5.75 Å². The second-order valence-corrected chi connectivity index (χ2v) is 10.5. The molecule has 1 rings (SSSR count). The molecular weight excluding hydrogens is 306 g/mol. The van der Waals surface area contributed by atoms with Gasteiger partial charge < -0.3 is 23.5 Å². The molecule has 0 atom stereocenters. The van der Waals surface area contributed by atoms with E-state index in [1.165, 1.54) is 18.4 Å². The van der Waals surface area contributed by atoms with Crippen LogP contribution in [0.5, 0.6) is 0 Å². The predicted molar refractivity (Wildman–Crippen MR) is 101 cm³/mol. The Kier molecular flexibility index (Phi) is 14.3. The third-order valence-corrected chi connectivity index (χ3v) is 6.32. The maximum absolute atomic E-state index is 3.17. The van der Waals surface area contributed by atoms with E-state index < -0.39 is 0 Å². The van der Waals surface area contributed by atoms with Gasteiger partial charge in [0.25, 0.3) is 0 Å². The Morgan fingerprint density at radius 3 is 2.26 bits per heavy atom. The molecule has 0 N–H and O–H groups in total. The monoisotopic (exact) mass is 336 g/mol. The molecule has 0 fully saturated rings. The summed E-state index contributed by atoms with van der Waals surface area (Å²) in [5.41, 5.74) is 1.69. The Morgan fingerprint density at radius 2 is 1.78 bits per heavy atom. The third-order valence-electron chi connectivity index (χ3n) is 3.27. The van der Waals surface area contributed by atoms with Gasteiger partial charge in [0.05, 0.1) is 0 Å². The van der Waals surface area contributed by atoms with Crippen molar-refractivity contribution in [2.24, 2.45) is 5.41 Å². The van der Waals surface area contributed by atoms with E-state index in [1.54, 1.807) is 4.58 Å². The van der Waals surface area contributed by atoms with E-state index in [1.807, 2.05) is 17.8 Å². The van der Waals surface area contributed by atoms with E-state index in [0.717, 1.165) is 12.2 Å². The first-order valence-electron chi connectivity index (χ1n) is 7.89. The fraction of sp³-hybridized carbons (Fsp3) is 0.632. The SMILES string of the molecule is CCS[C-](SC(C)(C)C)C(C)(C)CCCc1c[c-]ccc1.[Li+].[Li+]. The molecular formula is C19H30Li2S2. The van der Waals surface area contributed by atoms with E-state index >= 15 is 0 Å². The first-order chi connectivity index (χ1) is 9.74. The van der Waals surface area contributed by atoms with E-state index in [0.29, 0.717) is 4.75 Å². The minimum absolute atomic E-state index is 0. The summed E-state index contributed by atoms with van der Waals surface area (Å²) >= 11 is 4.08. The Bertz CT molecular complexity index is 400. The van der Waals surface area contributed by atoms with Crippen molar-refractivity contribution >= 4 is 23.5 Å². The van der Waals surface area contributed by atoms with Crippen LogP contribution in [-0.4, -0.2) is 10.5 Å². The molecule has 0 radical (unpaired) electrons. The summed E-state index contributed by atoms with van der Waals surface area (Å²) in [6.45, 7) is 14.0. The fourth-order valence-electron chi connectivity index (χ4n) is 2.19. The zero-order chi connectivity index (χ0) is 15.9. The molecule has 4 heteroatoms. The maximum Gasteiger partial charge on any atom is 1.00 e. The predicted octanol–water partition coefficient (Wildman–Crippen LogP) is 0.618. The van der Waals surface area contributed by atoms with Crippen molar-refractivity contribution in [3.63, 3.8) is 0 Å². The van der Waals surface area contributed by atoms with Crippen LogP contribution in [0.1, 0.15) is 59.9 Å². The van der Waals surface area contributed by atoms with Gasteiger partial charge in [-0.1, -0.05) is 60.8 Å². The van der Waals surface area contributed by atoms with Crippen LogP contribution in [0.4, 0.5) is 0 Å². The largest absolute Gasteiger partial charge is 1.00 e. The zero-order valence-corrected chi connectivity index (χ0v) is 18.1. The molecule has 120 valence electrons. The molecule has 0 bridgehead atoms. The maximum atomic E-state index is 3.17. The van der Waals surface area contributed by atoms with E-state index in [-0.39, 0.29) is 43.1 Å². The Labute approximate surface area is 177 Å². The summed E-state index contributed by atoms with van der Waals surface area (Å²) in [5.74, 6) is 1.16. The quantitative estimate of drug-likeness (QED) is 0.504. The van der Waals surface area contributed by atoms with Gasteiger partial charge in [0, 0.05) is 0 Å². The molecule has 1 aromatic rings. The normalized spacial score (nSPS) is 11.8. The summed E-state index contributed by atoms with van der Waals surface area (Å²) in [4.78, 5) is 0. The number of hydrogen-bond donors (Lipinski definition) is 0. The van der Waals surface area contributed by atoms with Gasteiger partial charge >= 0.3 is 37.7 Å². The molecule has 1 aromatic carbocycles. The van der Waals surface area contributed by atoms with Crippen molar-refractivity contribution in [2.45, 2.75) is 65.6 Å². The first-order valence-corrected chi connectivity index (χ1v) is 9.69. The average Bonchev–Trinajstić information content (AvgIpc) is 2.38. The van der Waals surface area contributed by atoms with Gasteiger partial charge in [-0.05, 0) is 10.5 Å². The summed E-state index contributed by atoms with van der Waals surface area (Å²) in [5, 5.41) is 0. The molecule has 0 saturated heterocycles. The molecule has 0 amide bonds. The van der Waals surface area contributed by atoms with Crippen LogP contribution in [0.3, 0.4) is 0 Å². The van der Waals surface area contributed by atoms with Crippen LogP contribution in [0.2, 0.25) is 0 Å². The van der Waals surface area contributed by atoms with E-state index in [9.17, 15) is 0 Å². The van der Waals surface area contributed by atoms with Gasteiger partial charge in [-0.25, -0.2) is 0 Å². The Morgan fingerprint density at radius 1 is 1.13 bits per heavy atom. The third kappa shape index (κ3) is 11.4. The number of thioether (sulfide) groups is 2. The van der Waals surface area contributed by atoms with Crippen LogP contribution in [0.15, 0.2) is 24.3 Å². The molecule has 0 heterocycles. The van der Waals surface area contributed by atoms with Crippen LogP contribution in [0, 0.1) is 16.1 Å². The van der Waals surface area contributed by atoms with Gasteiger partial charge in [0.2, 0.25) is 0 Å². The van der Waals surface area contributed by atoms with Crippen molar-refractivity contribution in [1.29, 1.82) is 0 Å². The molecule has 0 aliphatic rings. The summed E-state index contributed by atoms with van der Waals surface area (Å²) in [6.07, 6.45) is 3.64. The zero-order valence-electron chi connectivity index (χ0n) is 16.5. The second-order valence-electron chi connectivity index (χ2n) is 7.08. The van der Waals surface area contributed by atoms with E-state index in [2.05, 4.69) is 77.6 Å². The van der Waals surface area contributed by atoms with Gasteiger partial charge in [-0.15, -0.1) is 5.41 Å². The molecule has 23 heavy (non-hydrogen) atoms. The molecule has 0 aliphatic heterocycles. The summed E-state index contributed by atoms with van der Waals surface area (Å²) < 4.78 is 1.89. The number of aryl methyl sites for hydroxylation is 1. The van der Waals surface area contributed by atoms with Crippen LogP contribution < -0.4 is 37.7 Å². The molecule has 0 saturated carbocycles. The van der Waals surface area contributed by atoms with Gasteiger partial charge in [-0.3, -0.25) is 0 Å². The van der Waals surface area contributed by atoms with Crippen molar-refractivity contribution in [3.05, 3.63) is 40.5 Å². The van der Waals surface area contributed by atoms with Gasteiger partial charge in [-0.2, -0.15) is 40.5 Å². The minimum Gasteiger partial charge on any atom is -0.337 e. The van der Waals surface area contributed by atoms with Crippen LogP contribution in [0.25, 0.3) is 0 Å². The van der Waals surface area contributed by atoms with Crippen molar-refractivity contribution < 1.29 is 37.7 Å². The second kappa shape index (κ2) is 12.5. The Balaban J connectivity index is 0. The smallest absolute Gasteiger partial charge is 0.337 e. The summed E-state index contributed by atoms with van der Waals surface area (Å²) in [7, 11) is 0. The summed E-state index contributed by atoms with van der Waals surface area (Å²) in [6, 6.07) is 11.5. The van der Waals surface area contributed by atoms with Crippen LogP contribution >= 0.6 is 23.5 Å². The van der Waals surface area contributed by atoms with Gasteiger partial charge in [0.1, 0.15) is 0 Å². The van der Waals surface area contributed by atoms with Crippen molar-refractivity contribution in [1.82, 2.24) is 0 Å². The number of rotatable bonds is 8. The molecule has 0 spiro atoms. The molecule has 0 aliphatic carbocycles. The Hall–Kier alpha value is 1.11. The molecule has 0 nitrogen and oxygen atoms in total. The molecule has 0 unspecified atom stereocenters. The van der Waals surface area contributed by atoms with Crippen molar-refractivity contribution in [3.8, 4) is 0 Å². The standard InChI is InChI=1S/C19H30S2.2Li/c1-7-20-17(21-18(2,3)4)19(5,6)15-11-14-16-12-9-8-10-13-16;;/h8-9,12-13H,7,11,14-15H2,1-6H3;;/q-2;2*+1. The number of benzene rings is 1. The van der Waals surface area contributed by atoms with Gasteiger partial charge in [0.15, 0.2) is 0 Å². The minimum atomic E-state index is 0. The topological polar surface area (TPSA) is 0 Å². The first kappa shape index (κ1) is 26.3. The number of hydrogen-bond acceptors (Lipinski definition) is 2. The molecule has 0 aromatic heterocycles. The van der Waals surface area contributed by atoms with Crippen LogP contribution in [-0.2, 0) is 6.42 Å².